The molecule has 6 rings (SSSR count). The number of benzene rings is 4. The molecule has 0 radical (unpaired) electrons. The van der Waals surface area contributed by atoms with E-state index >= 15 is 0 Å². The number of hydrogen-bond acceptors (Lipinski definition) is 6. The first-order chi connectivity index (χ1) is 20.3. The molecule has 214 valence electrons. The van der Waals surface area contributed by atoms with Crippen LogP contribution in [0.2, 0.25) is 5.02 Å². The average molecular weight is 599 g/mol. The quantitative estimate of drug-likeness (QED) is 0.125. The zero-order valence-corrected chi connectivity index (χ0v) is 24.9. The van der Waals surface area contributed by atoms with Crippen molar-refractivity contribution in [3.05, 3.63) is 124 Å². The van der Waals surface area contributed by atoms with E-state index in [1.807, 2.05) is 19.1 Å². The molecule has 1 aliphatic carbocycles. The molecule has 0 bridgehead atoms. The second kappa shape index (κ2) is 11.7. The molecule has 6 nitrogen and oxygen atoms in total. The highest BCUT2D eigenvalue weighted by atomic mass is 35.5. The first kappa shape index (κ1) is 28.1. The molecule has 4 aromatic rings. The number of aryl methyl sites for hydroxylation is 1. The molecule has 0 aromatic heterocycles. The predicted molar refractivity (Wildman–Crippen MR) is 168 cm³/mol. The summed E-state index contributed by atoms with van der Waals surface area (Å²) in [7, 11) is -4.10. The van der Waals surface area contributed by atoms with Crippen molar-refractivity contribution in [1.29, 1.82) is 0 Å². The Labute approximate surface area is 251 Å². The van der Waals surface area contributed by atoms with E-state index in [1.165, 1.54) is 28.9 Å². The maximum atomic E-state index is 12.9. The summed E-state index contributed by atoms with van der Waals surface area (Å²) in [6.07, 6.45) is 7.35. The Bertz CT molecular complexity index is 1770. The number of halogens is 1. The smallest absolute Gasteiger partial charge is 0.339 e. The number of para-hydroxylation sites is 1. The topological polar surface area (TPSA) is 77.0 Å². The summed E-state index contributed by atoms with van der Waals surface area (Å²) in [6.45, 7) is 3.99. The van der Waals surface area contributed by atoms with Gasteiger partial charge in [0.2, 0.25) is 5.75 Å². The van der Waals surface area contributed by atoms with Gasteiger partial charge in [-0.25, -0.2) is 0 Å². The van der Waals surface area contributed by atoms with Gasteiger partial charge in [0.15, 0.2) is 5.75 Å². The summed E-state index contributed by atoms with van der Waals surface area (Å²) in [5.41, 5.74) is 6.16. The van der Waals surface area contributed by atoms with Crippen LogP contribution in [-0.2, 0) is 10.1 Å². The molecule has 4 aromatic carbocycles. The Balaban J connectivity index is 1.21. The highest BCUT2D eigenvalue weighted by molar-refractivity contribution is 7.87. The molecule has 0 unspecified atom stereocenters. The molecule has 8 heteroatoms. The van der Waals surface area contributed by atoms with E-state index in [1.54, 1.807) is 37.4 Å². The van der Waals surface area contributed by atoms with E-state index in [0.717, 1.165) is 17.7 Å². The second-order valence-corrected chi connectivity index (χ2v) is 12.5. The van der Waals surface area contributed by atoms with Crippen molar-refractivity contribution in [3.8, 4) is 11.5 Å². The number of anilines is 1. The van der Waals surface area contributed by atoms with Gasteiger partial charge in [0.25, 0.3) is 0 Å². The molecule has 42 heavy (non-hydrogen) atoms. The third-order valence-electron chi connectivity index (χ3n) is 7.72. The van der Waals surface area contributed by atoms with Gasteiger partial charge in [-0.05, 0) is 85.3 Å². The first-order valence-electron chi connectivity index (χ1n) is 14.0. The largest absolute Gasteiger partial charge is 0.490 e. The van der Waals surface area contributed by atoms with E-state index in [-0.39, 0.29) is 27.5 Å². The van der Waals surface area contributed by atoms with Crippen molar-refractivity contribution in [2.24, 2.45) is 10.9 Å². The van der Waals surface area contributed by atoms with Crippen LogP contribution in [0.5, 0.6) is 11.5 Å². The van der Waals surface area contributed by atoms with Gasteiger partial charge >= 0.3 is 10.1 Å². The van der Waals surface area contributed by atoms with Crippen molar-refractivity contribution >= 4 is 39.3 Å². The zero-order chi connectivity index (χ0) is 29.3. The van der Waals surface area contributed by atoms with Crippen molar-refractivity contribution in [2.45, 2.75) is 37.1 Å². The van der Waals surface area contributed by atoms with Crippen LogP contribution < -0.4 is 14.2 Å². The van der Waals surface area contributed by atoms with E-state index in [2.05, 4.69) is 58.9 Å². The van der Waals surface area contributed by atoms with E-state index < -0.39 is 10.1 Å². The summed E-state index contributed by atoms with van der Waals surface area (Å²) in [4.78, 5) is 4.67. The van der Waals surface area contributed by atoms with E-state index in [0.29, 0.717) is 24.0 Å². The number of hydrogen-bond donors (Lipinski definition) is 1. The number of ether oxygens (including phenoxy) is 1. The minimum atomic E-state index is -4.10. The van der Waals surface area contributed by atoms with Crippen LogP contribution >= 0.6 is 11.6 Å². The number of allylic oxidation sites excluding steroid dienone is 2. The molecule has 1 heterocycles. The SMILES string of the molecule is CCOc1cc(C=Nc2ccc([C@@H]3Nc4ccccc4[C@H]4C=CC[C@H]43)cc2)cc(Cl)c1OS(=O)(=O)c1ccc(C)cc1. The van der Waals surface area contributed by atoms with Crippen LogP contribution in [0.3, 0.4) is 0 Å². The molecule has 3 atom stereocenters. The Hall–Kier alpha value is -4.07. The number of aliphatic imine (C=N–C) groups is 1. The molecule has 1 N–H and O–H groups in total. The fraction of sp³-hybridized carbons (Fsp3) is 0.206. The molecule has 0 saturated heterocycles. The van der Waals surface area contributed by atoms with Crippen LogP contribution in [0.4, 0.5) is 11.4 Å². The summed E-state index contributed by atoms with van der Waals surface area (Å²) in [6, 6.07) is 26.7. The molecular weight excluding hydrogens is 568 g/mol. The lowest BCUT2D eigenvalue weighted by molar-refractivity contribution is 0.327. The Morgan fingerprint density at radius 1 is 1.02 bits per heavy atom. The molecule has 1 aliphatic heterocycles. The molecule has 0 saturated carbocycles. The lowest BCUT2D eigenvalue weighted by Gasteiger charge is -2.37. The first-order valence-corrected chi connectivity index (χ1v) is 15.7. The Morgan fingerprint density at radius 3 is 2.55 bits per heavy atom. The van der Waals surface area contributed by atoms with Gasteiger partial charge in [-0.15, -0.1) is 0 Å². The van der Waals surface area contributed by atoms with Gasteiger partial charge in [-0.2, -0.15) is 8.42 Å². The normalized spacial score (nSPS) is 19.3. The van der Waals surface area contributed by atoms with E-state index in [9.17, 15) is 8.42 Å². The lowest BCUT2D eigenvalue weighted by Crippen LogP contribution is -2.28. The maximum absolute atomic E-state index is 12.9. The Kier molecular flexibility index (Phi) is 7.80. The highest BCUT2D eigenvalue weighted by Gasteiger charge is 2.37. The Morgan fingerprint density at radius 2 is 1.79 bits per heavy atom. The monoisotopic (exact) mass is 598 g/mol. The standard InChI is InChI=1S/C34H31ClN2O4S/c1-3-40-32-20-23(19-30(35)34(32)41-42(38,39)26-17-11-22(2)12-18-26)21-36-25-15-13-24(14-16-25)33-29-9-6-8-27(29)28-7-4-5-10-31(28)37-33/h4-8,10-21,27,29,33,37H,3,9H2,1-2H3/t27-,29-,33+/m1/s1. The van der Waals surface area contributed by atoms with Crippen molar-refractivity contribution in [1.82, 2.24) is 0 Å². The highest BCUT2D eigenvalue weighted by Crippen LogP contribution is 2.49. The van der Waals surface area contributed by atoms with Gasteiger partial charge in [0.05, 0.1) is 23.4 Å². The van der Waals surface area contributed by atoms with Gasteiger partial charge in [0.1, 0.15) is 4.90 Å². The van der Waals surface area contributed by atoms with Crippen molar-refractivity contribution in [3.63, 3.8) is 0 Å². The number of rotatable bonds is 8. The fourth-order valence-corrected chi connectivity index (χ4v) is 6.92. The third kappa shape index (κ3) is 5.67. The summed E-state index contributed by atoms with van der Waals surface area (Å²) in [5, 5.41) is 3.87. The summed E-state index contributed by atoms with van der Waals surface area (Å²) < 4.78 is 37.0. The summed E-state index contributed by atoms with van der Waals surface area (Å²) >= 11 is 6.51. The molecule has 2 aliphatic rings. The maximum Gasteiger partial charge on any atom is 0.339 e. The third-order valence-corrected chi connectivity index (χ3v) is 9.24. The van der Waals surface area contributed by atoms with Crippen molar-refractivity contribution < 1.29 is 17.3 Å². The molecule has 0 amide bonds. The second-order valence-electron chi connectivity index (χ2n) is 10.5. The van der Waals surface area contributed by atoms with Gasteiger partial charge in [-0.3, -0.25) is 4.99 Å². The lowest BCUT2D eigenvalue weighted by atomic mass is 9.77. The molecule has 0 spiro atoms. The van der Waals surface area contributed by atoms with Crippen LogP contribution in [0.15, 0.2) is 107 Å². The number of fused-ring (bicyclic) bond motifs is 3. The van der Waals surface area contributed by atoms with Gasteiger partial charge in [0, 0.05) is 17.8 Å². The van der Waals surface area contributed by atoms with Gasteiger partial charge < -0.3 is 14.2 Å². The minimum Gasteiger partial charge on any atom is -0.490 e. The summed E-state index contributed by atoms with van der Waals surface area (Å²) in [5.74, 6) is 1.07. The molecule has 0 fully saturated rings. The molecular formula is C34H31ClN2O4S. The zero-order valence-electron chi connectivity index (χ0n) is 23.3. The number of nitrogens with zero attached hydrogens (tertiary/aromatic N) is 1. The van der Waals surface area contributed by atoms with Crippen LogP contribution in [0, 0.1) is 12.8 Å². The van der Waals surface area contributed by atoms with Crippen LogP contribution in [0.1, 0.15) is 47.6 Å². The van der Waals surface area contributed by atoms with Crippen LogP contribution in [-0.4, -0.2) is 21.2 Å². The van der Waals surface area contributed by atoms with E-state index in [4.69, 9.17) is 20.5 Å². The van der Waals surface area contributed by atoms with Crippen LogP contribution in [0.25, 0.3) is 0 Å². The number of nitrogens with one attached hydrogen (secondary N) is 1. The van der Waals surface area contributed by atoms with Gasteiger partial charge in [-0.1, -0.05) is 71.8 Å². The average Bonchev–Trinajstić information content (AvgIpc) is 3.49. The minimum absolute atomic E-state index is 0.0352. The fourth-order valence-electron chi connectivity index (χ4n) is 5.66. The van der Waals surface area contributed by atoms with Crippen molar-refractivity contribution in [2.75, 3.05) is 11.9 Å². The predicted octanol–water partition coefficient (Wildman–Crippen LogP) is 8.39.